The maximum atomic E-state index is 13.0. The van der Waals surface area contributed by atoms with Crippen molar-refractivity contribution in [2.45, 2.75) is 34.2 Å². The van der Waals surface area contributed by atoms with Gasteiger partial charge in [0.25, 0.3) is 9.84 Å². The van der Waals surface area contributed by atoms with Gasteiger partial charge in [-0.15, -0.1) is 0 Å². The minimum absolute atomic E-state index is 0.177. The summed E-state index contributed by atoms with van der Waals surface area (Å²) in [7, 11) is -8.63. The minimum atomic E-state index is -5.75. The molecule has 1 aromatic carbocycles. The van der Waals surface area contributed by atoms with Gasteiger partial charge in [-0.1, -0.05) is 0 Å². The van der Waals surface area contributed by atoms with E-state index in [1.807, 2.05) is 0 Å². The number of halogens is 3. The Balaban J connectivity index is 2.63. The van der Waals surface area contributed by atoms with Crippen LogP contribution < -0.4 is 15.4 Å². The Kier molecular flexibility index (Phi) is 5.38. The number of nitrogens with zero attached hydrogens (tertiary/aromatic N) is 1. The SMILES string of the molecule is CN(c1ccc(S(N)(=O)=O)cc1S(=O)(=O)C(F)(F)F)C1CCNCC1. The van der Waals surface area contributed by atoms with Gasteiger partial charge in [0, 0.05) is 13.1 Å². The van der Waals surface area contributed by atoms with Gasteiger partial charge in [0.2, 0.25) is 10.0 Å². The molecule has 0 radical (unpaired) electrons. The summed E-state index contributed by atoms with van der Waals surface area (Å²) >= 11 is 0. The molecule has 2 rings (SSSR count). The van der Waals surface area contributed by atoms with Gasteiger partial charge in [0.15, 0.2) is 0 Å². The van der Waals surface area contributed by atoms with Crippen molar-refractivity contribution in [3.8, 4) is 0 Å². The van der Waals surface area contributed by atoms with Gasteiger partial charge < -0.3 is 10.2 Å². The largest absolute Gasteiger partial charge is 0.501 e. The van der Waals surface area contributed by atoms with Crippen molar-refractivity contribution in [2.24, 2.45) is 5.14 Å². The van der Waals surface area contributed by atoms with Crippen molar-refractivity contribution in [3.05, 3.63) is 18.2 Å². The Hall–Kier alpha value is -1.37. The number of anilines is 1. The number of benzene rings is 1. The van der Waals surface area contributed by atoms with Crippen LogP contribution in [0.5, 0.6) is 0 Å². The van der Waals surface area contributed by atoms with Gasteiger partial charge in [-0.25, -0.2) is 22.0 Å². The monoisotopic (exact) mass is 401 g/mol. The molecule has 142 valence electrons. The predicted molar refractivity (Wildman–Crippen MR) is 85.4 cm³/mol. The Morgan fingerprint density at radius 1 is 1.16 bits per heavy atom. The van der Waals surface area contributed by atoms with Crippen LogP contribution in [0.15, 0.2) is 28.0 Å². The number of alkyl halides is 3. The minimum Gasteiger partial charge on any atom is -0.370 e. The van der Waals surface area contributed by atoms with Crippen LogP contribution in [-0.2, 0) is 19.9 Å². The summed E-state index contributed by atoms with van der Waals surface area (Å²) in [6.45, 7) is 1.29. The molecule has 0 saturated carbocycles. The van der Waals surface area contributed by atoms with Crippen LogP contribution in [0.2, 0.25) is 0 Å². The van der Waals surface area contributed by atoms with Crippen LogP contribution in [-0.4, -0.2) is 48.5 Å². The number of nitrogens with one attached hydrogen (secondary N) is 1. The van der Waals surface area contributed by atoms with E-state index in [0.717, 1.165) is 12.1 Å². The standard InChI is InChI=1S/C13H18F3N3O4S2/c1-19(9-4-6-18-7-5-9)11-3-2-10(25(17,22)23)8-12(11)24(20,21)13(14,15)16/h2-3,8-9,18H,4-7H2,1H3,(H2,17,22,23). The highest BCUT2D eigenvalue weighted by molar-refractivity contribution is 7.92. The van der Waals surface area contributed by atoms with Gasteiger partial charge in [-0.05, 0) is 44.1 Å². The van der Waals surface area contributed by atoms with Gasteiger partial charge in [-0.2, -0.15) is 13.2 Å². The predicted octanol–water partition coefficient (Wildman–Crippen LogP) is 0.816. The fourth-order valence-electron chi connectivity index (χ4n) is 2.69. The van der Waals surface area contributed by atoms with E-state index in [4.69, 9.17) is 5.14 Å². The molecular formula is C13H18F3N3O4S2. The molecule has 0 spiro atoms. The van der Waals surface area contributed by atoms with Crippen LogP contribution in [0.4, 0.5) is 18.9 Å². The number of piperidine rings is 1. The zero-order valence-electron chi connectivity index (χ0n) is 13.2. The molecule has 1 aromatic rings. The summed E-state index contributed by atoms with van der Waals surface area (Å²) in [6, 6.07) is 2.33. The first kappa shape index (κ1) is 19.9. The Morgan fingerprint density at radius 3 is 2.20 bits per heavy atom. The third kappa shape index (κ3) is 4.07. The number of hydrogen-bond donors (Lipinski definition) is 2. The van der Waals surface area contributed by atoms with Crippen molar-refractivity contribution >= 4 is 25.5 Å². The molecular weight excluding hydrogens is 383 g/mol. The lowest BCUT2D eigenvalue weighted by Gasteiger charge is -2.34. The first-order chi connectivity index (χ1) is 11.4. The highest BCUT2D eigenvalue weighted by Crippen LogP contribution is 2.37. The van der Waals surface area contributed by atoms with Gasteiger partial charge in [-0.3, -0.25) is 0 Å². The van der Waals surface area contributed by atoms with Crippen molar-refractivity contribution < 1.29 is 30.0 Å². The zero-order valence-corrected chi connectivity index (χ0v) is 14.9. The van der Waals surface area contributed by atoms with Crippen molar-refractivity contribution in [1.29, 1.82) is 0 Å². The lowest BCUT2D eigenvalue weighted by molar-refractivity contribution is -0.0435. The van der Waals surface area contributed by atoms with Gasteiger partial charge >= 0.3 is 5.51 Å². The lowest BCUT2D eigenvalue weighted by atomic mass is 10.0. The fourth-order valence-corrected chi connectivity index (χ4v) is 4.33. The average molecular weight is 401 g/mol. The van der Waals surface area contributed by atoms with Crippen LogP contribution in [0.1, 0.15) is 12.8 Å². The van der Waals surface area contributed by atoms with E-state index in [0.29, 0.717) is 32.0 Å². The smallest absolute Gasteiger partial charge is 0.370 e. The molecule has 0 atom stereocenters. The molecule has 25 heavy (non-hydrogen) atoms. The molecule has 0 bridgehead atoms. The maximum absolute atomic E-state index is 13.0. The number of sulfone groups is 1. The van der Waals surface area contributed by atoms with E-state index in [1.54, 1.807) is 0 Å². The van der Waals surface area contributed by atoms with Crippen LogP contribution in [0.3, 0.4) is 0 Å². The molecule has 3 N–H and O–H groups in total. The molecule has 0 unspecified atom stereocenters. The van der Waals surface area contributed by atoms with Crippen molar-refractivity contribution in [3.63, 3.8) is 0 Å². The van der Waals surface area contributed by atoms with E-state index < -0.39 is 35.2 Å². The van der Waals surface area contributed by atoms with Crippen LogP contribution in [0, 0.1) is 0 Å². The number of nitrogens with two attached hydrogens (primary N) is 1. The summed E-state index contributed by atoms with van der Waals surface area (Å²) < 4.78 is 85.8. The molecule has 1 fully saturated rings. The number of rotatable bonds is 4. The molecule has 0 aliphatic carbocycles. The van der Waals surface area contributed by atoms with Crippen LogP contribution >= 0.6 is 0 Å². The maximum Gasteiger partial charge on any atom is 0.501 e. The van der Waals surface area contributed by atoms with E-state index in [2.05, 4.69) is 5.32 Å². The molecule has 1 heterocycles. The first-order valence-corrected chi connectivity index (χ1v) is 10.3. The second-order valence-corrected chi connectivity index (χ2v) is 9.19. The highest BCUT2D eigenvalue weighted by Gasteiger charge is 2.48. The van der Waals surface area contributed by atoms with E-state index >= 15 is 0 Å². The fraction of sp³-hybridized carbons (Fsp3) is 0.538. The third-order valence-electron chi connectivity index (χ3n) is 4.09. The van der Waals surface area contributed by atoms with Crippen molar-refractivity contribution in [2.75, 3.05) is 25.0 Å². The topological polar surface area (TPSA) is 110 Å². The molecule has 1 aliphatic heterocycles. The summed E-state index contributed by atoms with van der Waals surface area (Å²) in [4.78, 5) is -0.378. The number of primary sulfonamides is 1. The summed E-state index contributed by atoms with van der Waals surface area (Å²) in [5.41, 5.74) is -5.77. The zero-order chi connectivity index (χ0) is 19.0. The lowest BCUT2D eigenvalue weighted by Crippen LogP contribution is -2.42. The number of sulfonamides is 1. The molecule has 0 aromatic heterocycles. The van der Waals surface area contributed by atoms with Crippen molar-refractivity contribution in [1.82, 2.24) is 5.32 Å². The molecule has 1 aliphatic rings. The van der Waals surface area contributed by atoms with E-state index in [9.17, 15) is 30.0 Å². The Bertz CT molecular complexity index is 848. The first-order valence-electron chi connectivity index (χ1n) is 7.27. The molecule has 1 saturated heterocycles. The summed E-state index contributed by atoms with van der Waals surface area (Å²) in [6.07, 6.45) is 1.22. The third-order valence-corrected chi connectivity index (χ3v) is 6.52. The van der Waals surface area contributed by atoms with Crippen LogP contribution in [0.25, 0.3) is 0 Å². The second kappa shape index (κ2) is 6.74. The molecule has 12 heteroatoms. The van der Waals surface area contributed by atoms with E-state index in [-0.39, 0.29) is 11.7 Å². The Morgan fingerprint density at radius 2 is 1.72 bits per heavy atom. The highest BCUT2D eigenvalue weighted by atomic mass is 32.2. The molecule has 7 nitrogen and oxygen atoms in total. The Labute approximate surface area is 144 Å². The normalized spacial score (nSPS) is 17.5. The quantitative estimate of drug-likeness (QED) is 0.773. The molecule has 0 amide bonds. The number of hydrogen-bond acceptors (Lipinski definition) is 6. The summed E-state index contributed by atoms with van der Waals surface area (Å²) in [5.74, 6) is 0. The van der Waals surface area contributed by atoms with E-state index in [1.165, 1.54) is 11.9 Å². The van der Waals surface area contributed by atoms with Gasteiger partial charge in [0.05, 0.1) is 10.6 Å². The summed E-state index contributed by atoms with van der Waals surface area (Å²) in [5, 5.41) is 8.02. The van der Waals surface area contributed by atoms with Gasteiger partial charge in [0.1, 0.15) is 4.90 Å². The average Bonchev–Trinajstić information content (AvgIpc) is 2.52. The second-order valence-electron chi connectivity index (χ2n) is 5.72.